The van der Waals surface area contributed by atoms with E-state index >= 15 is 0 Å². The van der Waals surface area contributed by atoms with Gasteiger partial charge in [-0.1, -0.05) is 79.6 Å². The molecule has 0 atom stereocenters. The Bertz CT molecular complexity index is 3100. The molecule has 8 heteroatoms. The summed E-state index contributed by atoms with van der Waals surface area (Å²) in [4.78, 5) is 9.13. The zero-order valence-electron chi connectivity index (χ0n) is 34.0. The van der Waals surface area contributed by atoms with Crippen molar-refractivity contribution in [3.63, 3.8) is 0 Å². The Balaban J connectivity index is 0.00000420. The molecule has 0 N–H and O–H groups in total. The number of nitrogens with zero attached hydrogens (tertiary/aromatic N) is 6. The third-order valence-electron chi connectivity index (χ3n) is 12.6. The van der Waals surface area contributed by atoms with Crippen LogP contribution in [-0.4, -0.2) is 42.3 Å². The topological polar surface area (TPSA) is 42.3 Å². The molecule has 0 radical (unpaired) electrons. The van der Waals surface area contributed by atoms with Gasteiger partial charge in [0.2, 0.25) is 6.33 Å². The van der Waals surface area contributed by atoms with E-state index in [4.69, 9.17) is 9.72 Å². The van der Waals surface area contributed by atoms with Gasteiger partial charge < -0.3 is 28.2 Å². The maximum atomic E-state index is 6.79. The van der Waals surface area contributed by atoms with Gasteiger partial charge in [0.25, 0.3) is 0 Å². The first kappa shape index (κ1) is 37.1. The number of benzene rings is 6. The van der Waals surface area contributed by atoms with Crippen LogP contribution in [0.2, 0.25) is 0 Å². The molecule has 0 fully saturated rings. The van der Waals surface area contributed by atoms with E-state index < -0.39 is 5.41 Å². The number of ether oxygens (including phenoxy) is 1. The van der Waals surface area contributed by atoms with Crippen molar-refractivity contribution in [2.75, 3.05) is 38.0 Å². The average Bonchev–Trinajstić information content (AvgIpc) is 3.75. The van der Waals surface area contributed by atoms with Crippen molar-refractivity contribution in [3.05, 3.63) is 179 Å². The predicted octanol–water partition coefficient (Wildman–Crippen LogP) is 9.60. The number of aromatic nitrogens is 4. The second-order valence-corrected chi connectivity index (χ2v) is 16.6. The molecule has 294 valence electrons. The first-order valence-corrected chi connectivity index (χ1v) is 19.8. The van der Waals surface area contributed by atoms with Gasteiger partial charge in [0.15, 0.2) is 0 Å². The summed E-state index contributed by atoms with van der Waals surface area (Å²) in [5.41, 5.74) is 14.0. The molecular formula is C51H42N6OPt-2. The molecular weight excluding hydrogens is 908 g/mol. The summed E-state index contributed by atoms with van der Waals surface area (Å²) in [5, 5.41) is 2.23. The van der Waals surface area contributed by atoms with E-state index in [1.807, 2.05) is 30.5 Å². The van der Waals surface area contributed by atoms with Crippen molar-refractivity contribution in [1.82, 2.24) is 14.1 Å². The average molecular weight is 950 g/mol. The third kappa shape index (κ3) is 5.10. The minimum atomic E-state index is -0.675. The van der Waals surface area contributed by atoms with Crippen LogP contribution >= 0.6 is 0 Å². The normalized spacial score (nSPS) is 14.2. The van der Waals surface area contributed by atoms with E-state index in [-0.39, 0.29) is 26.5 Å². The van der Waals surface area contributed by atoms with E-state index in [0.29, 0.717) is 11.5 Å². The molecule has 59 heavy (non-hydrogen) atoms. The molecule has 11 rings (SSSR count). The van der Waals surface area contributed by atoms with Gasteiger partial charge in [0.1, 0.15) is 5.82 Å². The van der Waals surface area contributed by atoms with Gasteiger partial charge in [-0.25, -0.2) is 4.98 Å². The van der Waals surface area contributed by atoms with Gasteiger partial charge in [-0.15, -0.1) is 35.2 Å². The van der Waals surface area contributed by atoms with E-state index in [0.717, 1.165) is 61.3 Å². The summed E-state index contributed by atoms with van der Waals surface area (Å²) in [5.74, 6) is 2.03. The Morgan fingerprint density at radius 1 is 0.644 bits per heavy atom. The smallest absolute Gasteiger partial charge is 0.242 e. The van der Waals surface area contributed by atoms with Crippen LogP contribution in [0.5, 0.6) is 11.5 Å². The van der Waals surface area contributed by atoms with Gasteiger partial charge in [-0.05, 0) is 75.7 Å². The van der Waals surface area contributed by atoms with Gasteiger partial charge in [0, 0.05) is 94.7 Å². The van der Waals surface area contributed by atoms with Crippen molar-refractivity contribution in [1.29, 1.82) is 0 Å². The Labute approximate surface area is 359 Å². The number of hydrogen-bond donors (Lipinski definition) is 0. The SMILES string of the molecule is CN(C)c1ccc2c(c1)C1(c3ccc(Oc4[c-]c5c(cc4)c4ccccc4n5-c4ccccn4)[c-]c3-n3[c-][n+](C)c4cccc1c43)c1cc(N(C)C)ccc1C2(C)C.[Pt]. The van der Waals surface area contributed by atoms with E-state index in [9.17, 15) is 0 Å². The van der Waals surface area contributed by atoms with Gasteiger partial charge in [0.05, 0.1) is 18.1 Å². The van der Waals surface area contributed by atoms with Gasteiger partial charge in [-0.3, -0.25) is 0 Å². The Kier molecular flexibility index (Phi) is 8.29. The summed E-state index contributed by atoms with van der Waals surface area (Å²) < 4.78 is 13.2. The van der Waals surface area contributed by atoms with E-state index in [2.05, 4.69) is 188 Å². The summed E-state index contributed by atoms with van der Waals surface area (Å²) in [6, 6.07) is 51.1. The van der Waals surface area contributed by atoms with Crippen LogP contribution in [0.1, 0.15) is 47.2 Å². The number of anilines is 2. The molecule has 7 nitrogen and oxygen atoms in total. The van der Waals surface area contributed by atoms with Gasteiger partial charge >= 0.3 is 0 Å². The van der Waals surface area contributed by atoms with Crippen molar-refractivity contribution >= 4 is 44.2 Å². The zero-order chi connectivity index (χ0) is 39.7. The fourth-order valence-corrected chi connectivity index (χ4v) is 9.88. The first-order valence-electron chi connectivity index (χ1n) is 19.8. The molecule has 0 unspecified atom stereocenters. The quantitative estimate of drug-likeness (QED) is 0.128. The maximum Gasteiger partial charge on any atom is 0.242 e. The Morgan fingerprint density at radius 3 is 2.00 bits per heavy atom. The molecule has 1 aliphatic heterocycles. The molecule has 4 heterocycles. The summed E-state index contributed by atoms with van der Waals surface area (Å²) >= 11 is 0. The molecule has 1 aliphatic carbocycles. The monoisotopic (exact) mass is 949 g/mol. The molecule has 9 aromatic rings. The second-order valence-electron chi connectivity index (χ2n) is 16.6. The number of aryl methyl sites for hydroxylation is 1. The molecule has 0 amide bonds. The fourth-order valence-electron chi connectivity index (χ4n) is 9.88. The molecule has 1 spiro atoms. The minimum Gasteiger partial charge on any atom is -0.510 e. The predicted molar refractivity (Wildman–Crippen MR) is 232 cm³/mol. The fraction of sp³-hybridized carbons (Fsp3) is 0.176. The second kappa shape index (κ2) is 13.2. The van der Waals surface area contributed by atoms with Gasteiger partial charge in [-0.2, -0.15) is 12.1 Å². The van der Waals surface area contributed by atoms with Crippen LogP contribution in [-0.2, 0) is 38.9 Å². The Hall–Kier alpha value is -6.17. The van der Waals surface area contributed by atoms with Crippen LogP contribution < -0.4 is 19.1 Å². The molecule has 0 bridgehead atoms. The summed E-state index contributed by atoms with van der Waals surface area (Å²) in [6.07, 6.45) is 5.49. The van der Waals surface area contributed by atoms with E-state index in [1.165, 1.54) is 27.8 Å². The van der Waals surface area contributed by atoms with Crippen molar-refractivity contribution < 1.29 is 30.4 Å². The van der Waals surface area contributed by atoms with Crippen LogP contribution in [0.25, 0.3) is 44.3 Å². The number of imidazole rings is 1. The minimum absolute atomic E-state index is 0. The number of rotatable bonds is 5. The largest absolute Gasteiger partial charge is 0.510 e. The molecule has 6 aromatic carbocycles. The van der Waals surface area contributed by atoms with Crippen molar-refractivity contribution in [2.24, 2.45) is 7.05 Å². The van der Waals surface area contributed by atoms with Crippen LogP contribution in [0.4, 0.5) is 11.4 Å². The molecule has 0 saturated carbocycles. The number of para-hydroxylation sites is 2. The Morgan fingerprint density at radius 2 is 1.31 bits per heavy atom. The van der Waals surface area contributed by atoms with Crippen molar-refractivity contribution in [2.45, 2.75) is 24.7 Å². The van der Waals surface area contributed by atoms with Crippen LogP contribution in [0.15, 0.2) is 128 Å². The standard InChI is InChI=1S/C51H42N6O.Pt/c1-50(2)38-23-18-32(53(3)4)27-42(38)51(43-28-33(54(5)6)19-24-39(43)50)40-25-21-35(30-47(40)56-31-55(7)45-16-12-14-41(51)49(45)56)58-34-20-22-37-36-13-8-9-15-44(36)57(46(37)29-34)48-17-10-11-26-52-48;/h8-28H,1-7H3;/q-2;. The maximum absolute atomic E-state index is 6.79. The number of hydrogen-bond acceptors (Lipinski definition) is 4. The first-order chi connectivity index (χ1) is 28.1. The molecule has 3 aromatic heterocycles. The molecule has 2 aliphatic rings. The molecule has 0 saturated heterocycles. The third-order valence-corrected chi connectivity index (χ3v) is 12.6. The van der Waals surface area contributed by atoms with Crippen LogP contribution in [0, 0.1) is 18.5 Å². The van der Waals surface area contributed by atoms with Crippen molar-refractivity contribution in [3.8, 4) is 23.0 Å². The summed E-state index contributed by atoms with van der Waals surface area (Å²) in [7, 11) is 10.6. The number of fused-ring (bicyclic) bond motifs is 11. The number of pyridine rings is 1. The summed E-state index contributed by atoms with van der Waals surface area (Å²) in [6.45, 7) is 4.74. The zero-order valence-corrected chi connectivity index (χ0v) is 36.3. The van der Waals surface area contributed by atoms with Crippen LogP contribution in [0.3, 0.4) is 0 Å². The van der Waals surface area contributed by atoms with E-state index in [1.54, 1.807) is 0 Å².